The number of nitrogens with zero attached hydrogens (tertiary/aromatic N) is 1. The number of benzene rings is 1. The summed E-state index contributed by atoms with van der Waals surface area (Å²) in [6.07, 6.45) is 5.63. The van der Waals surface area contributed by atoms with Crippen LogP contribution in [-0.2, 0) is 0 Å². The highest BCUT2D eigenvalue weighted by molar-refractivity contribution is 5.56. The standard InChI is InChI=1S/C16H26N2O/c1-2-15(17)14-9-3-4-10-16(14)18(11-6-12-19)13-7-5-8-13/h3-4,9-10,13,15,19H,2,5-8,11-12,17H2,1H3/t15-/m1/s1. The van der Waals surface area contributed by atoms with Crippen molar-refractivity contribution in [2.75, 3.05) is 18.1 Å². The third-order valence-electron chi connectivity index (χ3n) is 4.16. The molecule has 0 spiro atoms. The molecule has 1 aliphatic rings. The van der Waals surface area contributed by atoms with E-state index in [0.717, 1.165) is 19.4 Å². The van der Waals surface area contributed by atoms with Gasteiger partial charge < -0.3 is 15.7 Å². The molecule has 0 unspecified atom stereocenters. The Labute approximate surface area is 116 Å². The van der Waals surface area contributed by atoms with E-state index in [0.29, 0.717) is 6.04 Å². The average Bonchev–Trinajstić information content (AvgIpc) is 2.40. The van der Waals surface area contributed by atoms with Crippen LogP contribution in [0.3, 0.4) is 0 Å². The zero-order valence-electron chi connectivity index (χ0n) is 11.9. The predicted molar refractivity (Wildman–Crippen MR) is 80.3 cm³/mol. The van der Waals surface area contributed by atoms with Gasteiger partial charge in [0.2, 0.25) is 0 Å². The third kappa shape index (κ3) is 3.28. The molecule has 0 heterocycles. The van der Waals surface area contributed by atoms with Crippen LogP contribution in [0.1, 0.15) is 50.6 Å². The SMILES string of the molecule is CC[C@@H](N)c1ccccc1N(CCCO)C1CCC1. The van der Waals surface area contributed by atoms with Crippen molar-refractivity contribution < 1.29 is 5.11 Å². The summed E-state index contributed by atoms with van der Waals surface area (Å²) in [5, 5.41) is 9.11. The van der Waals surface area contributed by atoms with Crippen molar-refractivity contribution in [2.24, 2.45) is 5.73 Å². The topological polar surface area (TPSA) is 49.5 Å². The Bertz CT molecular complexity index is 390. The fourth-order valence-electron chi connectivity index (χ4n) is 2.72. The highest BCUT2D eigenvalue weighted by Crippen LogP contribution is 2.34. The van der Waals surface area contributed by atoms with Crippen LogP contribution in [0.25, 0.3) is 0 Å². The summed E-state index contributed by atoms with van der Waals surface area (Å²) in [6, 6.07) is 9.23. The second kappa shape index (κ2) is 6.92. The molecule has 3 N–H and O–H groups in total. The van der Waals surface area contributed by atoms with Crippen LogP contribution in [0.2, 0.25) is 0 Å². The van der Waals surface area contributed by atoms with Crippen molar-refractivity contribution in [3.63, 3.8) is 0 Å². The number of anilines is 1. The maximum atomic E-state index is 9.11. The van der Waals surface area contributed by atoms with Crippen molar-refractivity contribution in [2.45, 2.75) is 51.1 Å². The number of para-hydroxylation sites is 1. The molecule has 3 nitrogen and oxygen atoms in total. The van der Waals surface area contributed by atoms with Crippen LogP contribution in [-0.4, -0.2) is 24.3 Å². The van der Waals surface area contributed by atoms with Gasteiger partial charge in [0.25, 0.3) is 0 Å². The van der Waals surface area contributed by atoms with Gasteiger partial charge in [0.1, 0.15) is 0 Å². The molecular weight excluding hydrogens is 236 g/mol. The second-order valence-electron chi connectivity index (χ2n) is 5.43. The molecular formula is C16H26N2O. The molecule has 1 aromatic rings. The first-order valence-electron chi connectivity index (χ1n) is 7.50. The fourth-order valence-corrected chi connectivity index (χ4v) is 2.72. The van der Waals surface area contributed by atoms with Gasteiger partial charge in [-0.1, -0.05) is 25.1 Å². The van der Waals surface area contributed by atoms with Gasteiger partial charge in [0.15, 0.2) is 0 Å². The summed E-state index contributed by atoms with van der Waals surface area (Å²) in [4.78, 5) is 2.46. The Balaban J connectivity index is 2.24. The molecule has 1 saturated carbocycles. The summed E-state index contributed by atoms with van der Waals surface area (Å²) >= 11 is 0. The molecule has 1 fully saturated rings. The van der Waals surface area contributed by atoms with Gasteiger partial charge in [-0.15, -0.1) is 0 Å². The molecule has 1 aliphatic carbocycles. The Hall–Kier alpha value is -1.06. The summed E-state index contributed by atoms with van der Waals surface area (Å²) < 4.78 is 0. The molecule has 3 heteroatoms. The van der Waals surface area contributed by atoms with Crippen molar-refractivity contribution in [3.8, 4) is 0 Å². The highest BCUT2D eigenvalue weighted by atomic mass is 16.3. The van der Waals surface area contributed by atoms with Crippen LogP contribution in [0.5, 0.6) is 0 Å². The van der Waals surface area contributed by atoms with Gasteiger partial charge in [-0.2, -0.15) is 0 Å². The Morgan fingerprint density at radius 2 is 2.11 bits per heavy atom. The van der Waals surface area contributed by atoms with E-state index in [9.17, 15) is 0 Å². The van der Waals surface area contributed by atoms with Gasteiger partial charge in [0.05, 0.1) is 0 Å². The maximum absolute atomic E-state index is 9.11. The van der Waals surface area contributed by atoms with Gasteiger partial charge >= 0.3 is 0 Å². The first-order valence-corrected chi connectivity index (χ1v) is 7.50. The van der Waals surface area contributed by atoms with Crippen molar-refractivity contribution >= 4 is 5.69 Å². The number of rotatable bonds is 7. The minimum atomic E-state index is 0.105. The smallest absolute Gasteiger partial charge is 0.0447 e. The first kappa shape index (κ1) is 14.4. The molecule has 0 aromatic heterocycles. The maximum Gasteiger partial charge on any atom is 0.0447 e. The van der Waals surface area contributed by atoms with E-state index in [1.165, 1.54) is 30.5 Å². The molecule has 0 amide bonds. The van der Waals surface area contributed by atoms with E-state index in [-0.39, 0.29) is 12.6 Å². The number of aliphatic hydroxyl groups is 1. The molecule has 106 valence electrons. The molecule has 0 saturated heterocycles. The molecule has 0 bridgehead atoms. The highest BCUT2D eigenvalue weighted by Gasteiger charge is 2.26. The lowest BCUT2D eigenvalue weighted by atomic mass is 9.89. The third-order valence-corrected chi connectivity index (χ3v) is 4.16. The lowest BCUT2D eigenvalue weighted by Crippen LogP contribution is -2.42. The van der Waals surface area contributed by atoms with Crippen molar-refractivity contribution in [1.82, 2.24) is 0 Å². The lowest BCUT2D eigenvalue weighted by molar-refractivity contribution is 0.283. The van der Waals surface area contributed by atoms with E-state index in [4.69, 9.17) is 10.8 Å². The quantitative estimate of drug-likeness (QED) is 0.794. The Morgan fingerprint density at radius 3 is 2.68 bits per heavy atom. The molecule has 1 aromatic carbocycles. The number of hydrogen-bond donors (Lipinski definition) is 2. The first-order chi connectivity index (χ1) is 9.27. The molecule has 1 atom stereocenters. The van der Waals surface area contributed by atoms with Gasteiger partial charge in [0, 0.05) is 30.9 Å². The Kier molecular flexibility index (Phi) is 5.23. The molecule has 19 heavy (non-hydrogen) atoms. The van der Waals surface area contributed by atoms with Gasteiger partial charge in [-0.25, -0.2) is 0 Å². The van der Waals surface area contributed by atoms with Crippen LogP contribution in [0.4, 0.5) is 5.69 Å². The largest absolute Gasteiger partial charge is 0.396 e. The molecule has 0 radical (unpaired) electrons. The van der Waals surface area contributed by atoms with E-state index >= 15 is 0 Å². The number of hydrogen-bond acceptors (Lipinski definition) is 3. The van der Waals surface area contributed by atoms with Crippen LogP contribution < -0.4 is 10.6 Å². The Morgan fingerprint density at radius 1 is 1.37 bits per heavy atom. The average molecular weight is 262 g/mol. The normalized spacial score (nSPS) is 17.0. The molecule has 2 rings (SSSR count). The number of aliphatic hydroxyl groups excluding tert-OH is 1. The summed E-state index contributed by atoms with van der Waals surface area (Å²) in [5.41, 5.74) is 8.76. The monoisotopic (exact) mass is 262 g/mol. The van der Waals surface area contributed by atoms with Crippen LogP contribution >= 0.6 is 0 Å². The molecule has 0 aliphatic heterocycles. The van der Waals surface area contributed by atoms with E-state index in [1.807, 2.05) is 0 Å². The van der Waals surface area contributed by atoms with E-state index < -0.39 is 0 Å². The minimum Gasteiger partial charge on any atom is -0.396 e. The minimum absolute atomic E-state index is 0.105. The zero-order chi connectivity index (χ0) is 13.7. The second-order valence-corrected chi connectivity index (χ2v) is 5.43. The van der Waals surface area contributed by atoms with Crippen LogP contribution in [0, 0.1) is 0 Å². The van der Waals surface area contributed by atoms with Crippen molar-refractivity contribution in [1.29, 1.82) is 0 Å². The fraction of sp³-hybridized carbons (Fsp3) is 0.625. The summed E-state index contributed by atoms with van der Waals surface area (Å²) in [5.74, 6) is 0. The van der Waals surface area contributed by atoms with Crippen molar-refractivity contribution in [3.05, 3.63) is 29.8 Å². The summed E-state index contributed by atoms with van der Waals surface area (Å²) in [7, 11) is 0. The predicted octanol–water partition coefficient (Wildman–Crippen LogP) is 2.84. The van der Waals surface area contributed by atoms with Gasteiger partial charge in [-0.05, 0) is 43.7 Å². The van der Waals surface area contributed by atoms with Crippen LogP contribution in [0.15, 0.2) is 24.3 Å². The zero-order valence-corrected chi connectivity index (χ0v) is 11.9. The van der Waals surface area contributed by atoms with Gasteiger partial charge in [-0.3, -0.25) is 0 Å². The van der Waals surface area contributed by atoms with E-state index in [1.54, 1.807) is 0 Å². The number of nitrogens with two attached hydrogens (primary N) is 1. The van der Waals surface area contributed by atoms with E-state index in [2.05, 4.69) is 36.1 Å². The lowest BCUT2D eigenvalue weighted by Gasteiger charge is -2.40. The summed E-state index contributed by atoms with van der Waals surface area (Å²) in [6.45, 7) is 3.31.